The van der Waals surface area contributed by atoms with Crippen LogP contribution < -0.4 is 4.74 Å². The Balaban J connectivity index is 2.30. The van der Waals surface area contributed by atoms with Gasteiger partial charge in [0.2, 0.25) is 5.88 Å². The van der Waals surface area contributed by atoms with Crippen molar-refractivity contribution in [1.82, 2.24) is 4.98 Å². The standard InChI is InChI=1S/C16H17NO3/c1-10(2)12-5-4-6-14(8-12)20-15-9-13(16(18)19)7-11(3)17-15/h4-10H,1-3H3,(H,18,19). The highest BCUT2D eigenvalue weighted by Crippen LogP contribution is 2.25. The zero-order valence-corrected chi connectivity index (χ0v) is 11.8. The largest absolute Gasteiger partial charge is 0.478 e. The van der Waals surface area contributed by atoms with Crippen LogP contribution in [-0.2, 0) is 0 Å². The van der Waals surface area contributed by atoms with E-state index in [9.17, 15) is 4.79 Å². The Morgan fingerprint density at radius 3 is 2.65 bits per heavy atom. The summed E-state index contributed by atoms with van der Waals surface area (Å²) in [5.74, 6) is 0.365. The summed E-state index contributed by atoms with van der Waals surface area (Å²) in [5.41, 5.74) is 1.95. The normalized spacial score (nSPS) is 10.6. The average Bonchev–Trinajstić information content (AvgIpc) is 2.38. The third-order valence-corrected chi connectivity index (χ3v) is 2.92. The number of rotatable bonds is 4. The van der Waals surface area contributed by atoms with Crippen LogP contribution in [0.3, 0.4) is 0 Å². The van der Waals surface area contributed by atoms with Crippen LogP contribution in [0.4, 0.5) is 0 Å². The van der Waals surface area contributed by atoms with Crippen LogP contribution in [0.2, 0.25) is 0 Å². The molecule has 0 spiro atoms. The van der Waals surface area contributed by atoms with Crippen molar-refractivity contribution in [3.8, 4) is 11.6 Å². The molecule has 0 bridgehead atoms. The van der Waals surface area contributed by atoms with E-state index in [1.807, 2.05) is 24.3 Å². The number of carboxylic acid groups (broad SMARTS) is 1. The van der Waals surface area contributed by atoms with E-state index in [-0.39, 0.29) is 5.56 Å². The molecule has 4 nitrogen and oxygen atoms in total. The van der Waals surface area contributed by atoms with Gasteiger partial charge in [-0.05, 0) is 36.6 Å². The molecule has 0 atom stereocenters. The smallest absolute Gasteiger partial charge is 0.335 e. The Labute approximate surface area is 118 Å². The van der Waals surface area contributed by atoms with E-state index in [2.05, 4.69) is 18.8 Å². The summed E-state index contributed by atoms with van der Waals surface area (Å²) < 4.78 is 5.67. The highest BCUT2D eigenvalue weighted by Gasteiger charge is 2.09. The molecule has 1 heterocycles. The zero-order valence-electron chi connectivity index (χ0n) is 11.8. The number of hydrogen-bond acceptors (Lipinski definition) is 3. The molecule has 0 aliphatic heterocycles. The van der Waals surface area contributed by atoms with Crippen molar-refractivity contribution in [2.75, 3.05) is 0 Å². The maximum absolute atomic E-state index is 11.0. The van der Waals surface area contributed by atoms with Crippen LogP contribution in [0, 0.1) is 6.92 Å². The number of hydrogen-bond donors (Lipinski definition) is 1. The number of aromatic nitrogens is 1. The molecule has 0 saturated heterocycles. The summed E-state index contributed by atoms with van der Waals surface area (Å²) in [6, 6.07) is 10.7. The van der Waals surface area contributed by atoms with Gasteiger partial charge in [0.05, 0.1) is 5.56 Å². The molecule has 2 rings (SSSR count). The minimum absolute atomic E-state index is 0.174. The molecule has 1 N–H and O–H groups in total. The van der Waals surface area contributed by atoms with Crippen molar-refractivity contribution < 1.29 is 14.6 Å². The predicted octanol–water partition coefficient (Wildman–Crippen LogP) is 4.00. The molecule has 0 amide bonds. The van der Waals surface area contributed by atoms with Crippen LogP contribution in [0.15, 0.2) is 36.4 Å². The first-order valence-electron chi connectivity index (χ1n) is 6.45. The number of ether oxygens (including phenoxy) is 1. The Hall–Kier alpha value is -2.36. The fourth-order valence-corrected chi connectivity index (χ4v) is 1.87. The van der Waals surface area contributed by atoms with Gasteiger partial charge in [-0.25, -0.2) is 9.78 Å². The van der Waals surface area contributed by atoms with Gasteiger partial charge in [0.1, 0.15) is 5.75 Å². The monoisotopic (exact) mass is 271 g/mol. The van der Waals surface area contributed by atoms with E-state index in [0.717, 1.165) is 5.56 Å². The molecule has 1 aromatic heterocycles. The molecule has 0 fully saturated rings. The molecule has 20 heavy (non-hydrogen) atoms. The lowest BCUT2D eigenvalue weighted by Gasteiger charge is -2.10. The van der Waals surface area contributed by atoms with E-state index >= 15 is 0 Å². The second-order valence-electron chi connectivity index (χ2n) is 4.97. The van der Waals surface area contributed by atoms with Crippen molar-refractivity contribution in [2.24, 2.45) is 0 Å². The molecule has 0 saturated carbocycles. The molecule has 0 radical (unpaired) electrons. The van der Waals surface area contributed by atoms with Crippen molar-refractivity contribution >= 4 is 5.97 Å². The maximum Gasteiger partial charge on any atom is 0.335 e. The Bertz CT molecular complexity index is 635. The van der Waals surface area contributed by atoms with Gasteiger partial charge in [-0.1, -0.05) is 26.0 Å². The summed E-state index contributed by atoms with van der Waals surface area (Å²) in [6.07, 6.45) is 0. The van der Waals surface area contributed by atoms with Gasteiger partial charge >= 0.3 is 5.97 Å². The first-order valence-corrected chi connectivity index (χ1v) is 6.45. The van der Waals surface area contributed by atoms with Crippen molar-refractivity contribution in [3.05, 3.63) is 53.2 Å². The molecule has 2 aromatic rings. The van der Waals surface area contributed by atoms with Crippen LogP contribution in [0.5, 0.6) is 11.6 Å². The molecular weight excluding hydrogens is 254 g/mol. The quantitative estimate of drug-likeness (QED) is 0.912. The highest BCUT2D eigenvalue weighted by molar-refractivity contribution is 5.88. The van der Waals surface area contributed by atoms with Gasteiger partial charge in [-0.15, -0.1) is 0 Å². The Kier molecular flexibility index (Phi) is 4.03. The summed E-state index contributed by atoms with van der Waals surface area (Å²) in [5, 5.41) is 9.03. The number of aryl methyl sites for hydroxylation is 1. The van der Waals surface area contributed by atoms with Crippen molar-refractivity contribution in [2.45, 2.75) is 26.7 Å². The number of aromatic carboxylic acids is 1. The van der Waals surface area contributed by atoms with E-state index < -0.39 is 5.97 Å². The van der Waals surface area contributed by atoms with Gasteiger partial charge in [-0.2, -0.15) is 0 Å². The molecular formula is C16H17NO3. The third kappa shape index (κ3) is 3.35. The average molecular weight is 271 g/mol. The maximum atomic E-state index is 11.0. The lowest BCUT2D eigenvalue weighted by Crippen LogP contribution is -2.00. The highest BCUT2D eigenvalue weighted by atomic mass is 16.5. The molecule has 0 unspecified atom stereocenters. The van der Waals surface area contributed by atoms with Crippen LogP contribution >= 0.6 is 0 Å². The first-order chi connectivity index (χ1) is 9.45. The van der Waals surface area contributed by atoms with E-state index in [1.165, 1.54) is 12.1 Å². The topological polar surface area (TPSA) is 59.4 Å². The number of nitrogens with zero attached hydrogens (tertiary/aromatic N) is 1. The lowest BCUT2D eigenvalue weighted by atomic mass is 10.0. The number of pyridine rings is 1. The Morgan fingerprint density at radius 1 is 1.25 bits per heavy atom. The minimum atomic E-state index is -0.990. The SMILES string of the molecule is Cc1cc(C(=O)O)cc(Oc2cccc(C(C)C)c2)n1. The fraction of sp³-hybridized carbons (Fsp3) is 0.250. The summed E-state index contributed by atoms with van der Waals surface area (Å²) in [7, 11) is 0. The fourth-order valence-electron chi connectivity index (χ4n) is 1.87. The van der Waals surface area contributed by atoms with E-state index in [1.54, 1.807) is 6.92 Å². The summed E-state index contributed by atoms with van der Waals surface area (Å²) in [6.45, 7) is 5.95. The second-order valence-corrected chi connectivity index (χ2v) is 4.97. The number of carboxylic acids is 1. The van der Waals surface area contributed by atoms with E-state index in [4.69, 9.17) is 9.84 Å². The van der Waals surface area contributed by atoms with Gasteiger partial charge < -0.3 is 9.84 Å². The summed E-state index contributed by atoms with van der Waals surface area (Å²) in [4.78, 5) is 15.2. The molecule has 4 heteroatoms. The summed E-state index contributed by atoms with van der Waals surface area (Å²) >= 11 is 0. The van der Waals surface area contributed by atoms with Crippen LogP contribution in [0.1, 0.15) is 41.4 Å². The third-order valence-electron chi connectivity index (χ3n) is 2.92. The van der Waals surface area contributed by atoms with Crippen LogP contribution in [0.25, 0.3) is 0 Å². The van der Waals surface area contributed by atoms with E-state index in [0.29, 0.717) is 23.2 Å². The molecule has 1 aromatic carbocycles. The Morgan fingerprint density at radius 2 is 2.00 bits per heavy atom. The van der Waals surface area contributed by atoms with Crippen LogP contribution in [-0.4, -0.2) is 16.1 Å². The molecule has 104 valence electrons. The van der Waals surface area contributed by atoms with Gasteiger partial charge in [0, 0.05) is 11.8 Å². The number of benzene rings is 1. The molecule has 0 aliphatic carbocycles. The first kappa shape index (κ1) is 14.1. The van der Waals surface area contributed by atoms with Gasteiger partial charge in [-0.3, -0.25) is 0 Å². The minimum Gasteiger partial charge on any atom is -0.478 e. The van der Waals surface area contributed by atoms with Crippen molar-refractivity contribution in [1.29, 1.82) is 0 Å². The van der Waals surface area contributed by atoms with Gasteiger partial charge in [0.25, 0.3) is 0 Å². The second kappa shape index (κ2) is 5.74. The number of carbonyl (C=O) groups is 1. The zero-order chi connectivity index (χ0) is 14.7. The van der Waals surface area contributed by atoms with Crippen molar-refractivity contribution in [3.63, 3.8) is 0 Å². The molecule has 0 aliphatic rings. The lowest BCUT2D eigenvalue weighted by molar-refractivity contribution is 0.0696. The predicted molar refractivity (Wildman–Crippen MR) is 76.5 cm³/mol. The van der Waals surface area contributed by atoms with Gasteiger partial charge in [0.15, 0.2) is 0 Å².